The summed E-state index contributed by atoms with van der Waals surface area (Å²) in [6.45, 7) is 9.62. The predicted octanol–water partition coefficient (Wildman–Crippen LogP) is 5.08. The Bertz CT molecular complexity index is 1120. The molecular weight excluding hydrogens is 438 g/mol. The molecule has 1 aliphatic rings. The van der Waals surface area contributed by atoms with E-state index in [4.69, 9.17) is 14.7 Å². The quantitative estimate of drug-likeness (QED) is 0.518. The number of carbonyl (C=O) groups excluding carboxylic acids is 1. The number of aryl methyl sites for hydroxylation is 2. The minimum absolute atomic E-state index is 0.0753. The van der Waals surface area contributed by atoms with Crippen molar-refractivity contribution >= 4 is 17.5 Å². The number of carbonyl (C=O) groups is 1. The molecule has 1 aliphatic heterocycles. The standard InChI is InChI=1S/C28H35N5O2/c1-4-26-25(20-22-10-7-6-8-11-22)27(30-21(3)29-26)32-16-9-17-33(19-18-32)28(34)31-23-12-14-24(15-13-23)35-5-2/h6-8,10-15H,4-5,9,16-20H2,1-3H3,(H,31,34). The molecule has 0 unspecified atom stereocenters. The van der Waals surface area contributed by atoms with Gasteiger partial charge in [0, 0.05) is 49.5 Å². The Morgan fingerprint density at radius 1 is 0.971 bits per heavy atom. The minimum Gasteiger partial charge on any atom is -0.494 e. The molecule has 1 fully saturated rings. The van der Waals surface area contributed by atoms with E-state index in [0.29, 0.717) is 19.7 Å². The fourth-order valence-corrected chi connectivity index (χ4v) is 4.51. The van der Waals surface area contributed by atoms with Gasteiger partial charge in [0.15, 0.2) is 0 Å². The minimum atomic E-state index is -0.0753. The van der Waals surface area contributed by atoms with Gasteiger partial charge in [0.2, 0.25) is 0 Å². The highest BCUT2D eigenvalue weighted by atomic mass is 16.5. The summed E-state index contributed by atoms with van der Waals surface area (Å²) >= 11 is 0. The summed E-state index contributed by atoms with van der Waals surface area (Å²) in [5, 5.41) is 3.02. The first kappa shape index (κ1) is 24.5. The molecule has 0 atom stereocenters. The third kappa shape index (κ3) is 6.29. The molecule has 0 aliphatic carbocycles. The Balaban J connectivity index is 1.47. The van der Waals surface area contributed by atoms with E-state index in [1.54, 1.807) is 0 Å². The van der Waals surface area contributed by atoms with Crippen LogP contribution in [0.5, 0.6) is 5.75 Å². The van der Waals surface area contributed by atoms with Crippen molar-refractivity contribution in [2.45, 2.75) is 40.0 Å². The van der Waals surface area contributed by atoms with Gasteiger partial charge >= 0.3 is 6.03 Å². The van der Waals surface area contributed by atoms with E-state index >= 15 is 0 Å². The molecule has 2 amide bonds. The predicted molar refractivity (Wildman–Crippen MR) is 140 cm³/mol. The van der Waals surface area contributed by atoms with E-state index in [9.17, 15) is 4.79 Å². The summed E-state index contributed by atoms with van der Waals surface area (Å²) in [5.74, 6) is 2.60. The third-order valence-corrected chi connectivity index (χ3v) is 6.24. The summed E-state index contributed by atoms with van der Waals surface area (Å²) in [5.41, 5.74) is 4.31. The van der Waals surface area contributed by atoms with Crippen molar-refractivity contribution in [3.8, 4) is 5.75 Å². The number of aromatic nitrogens is 2. The summed E-state index contributed by atoms with van der Waals surface area (Å²) in [7, 11) is 0. The molecular formula is C28H35N5O2. The lowest BCUT2D eigenvalue weighted by atomic mass is 10.0. The van der Waals surface area contributed by atoms with E-state index in [1.807, 2.05) is 49.1 Å². The molecule has 1 aromatic heterocycles. The number of amides is 2. The smallest absolute Gasteiger partial charge is 0.321 e. The van der Waals surface area contributed by atoms with Gasteiger partial charge in [-0.1, -0.05) is 37.3 Å². The maximum atomic E-state index is 13.0. The number of urea groups is 1. The SMILES string of the molecule is CCOc1ccc(NC(=O)N2CCCN(c3nc(C)nc(CC)c3Cc3ccccc3)CC2)cc1. The molecule has 1 saturated heterocycles. The van der Waals surface area contributed by atoms with Crippen molar-refractivity contribution in [2.24, 2.45) is 0 Å². The van der Waals surface area contributed by atoms with Crippen LogP contribution in [0.4, 0.5) is 16.3 Å². The first-order valence-electron chi connectivity index (χ1n) is 12.5. The lowest BCUT2D eigenvalue weighted by Gasteiger charge is -2.26. The summed E-state index contributed by atoms with van der Waals surface area (Å²) in [4.78, 5) is 26.8. The highest BCUT2D eigenvalue weighted by molar-refractivity contribution is 5.89. The van der Waals surface area contributed by atoms with E-state index in [2.05, 4.69) is 41.4 Å². The summed E-state index contributed by atoms with van der Waals surface area (Å²) in [6.07, 6.45) is 2.55. The lowest BCUT2D eigenvalue weighted by molar-refractivity contribution is 0.215. The van der Waals surface area contributed by atoms with Crippen LogP contribution >= 0.6 is 0 Å². The molecule has 3 aromatic rings. The van der Waals surface area contributed by atoms with Crippen molar-refractivity contribution < 1.29 is 9.53 Å². The van der Waals surface area contributed by atoms with Gasteiger partial charge < -0.3 is 19.9 Å². The maximum absolute atomic E-state index is 13.0. The van der Waals surface area contributed by atoms with Gasteiger partial charge in [-0.25, -0.2) is 14.8 Å². The Hall–Kier alpha value is -3.61. The number of anilines is 2. The van der Waals surface area contributed by atoms with Crippen molar-refractivity contribution in [1.82, 2.24) is 14.9 Å². The number of hydrogen-bond donors (Lipinski definition) is 1. The van der Waals surface area contributed by atoms with Crippen LogP contribution in [0.1, 0.15) is 42.9 Å². The Labute approximate surface area is 208 Å². The lowest BCUT2D eigenvalue weighted by Crippen LogP contribution is -2.38. The number of benzene rings is 2. The molecule has 4 rings (SSSR count). The molecule has 0 saturated carbocycles. The van der Waals surface area contributed by atoms with Crippen LogP contribution in [0.15, 0.2) is 54.6 Å². The van der Waals surface area contributed by atoms with E-state index in [-0.39, 0.29) is 6.03 Å². The van der Waals surface area contributed by atoms with Crippen LogP contribution < -0.4 is 15.0 Å². The zero-order chi connectivity index (χ0) is 24.6. The largest absolute Gasteiger partial charge is 0.494 e. The van der Waals surface area contributed by atoms with Gasteiger partial charge in [0.1, 0.15) is 17.4 Å². The fraction of sp³-hybridized carbons (Fsp3) is 0.393. The average molecular weight is 474 g/mol. The number of nitrogens with zero attached hydrogens (tertiary/aromatic N) is 4. The third-order valence-electron chi connectivity index (χ3n) is 6.24. The number of nitrogens with one attached hydrogen (secondary N) is 1. The zero-order valence-electron chi connectivity index (χ0n) is 21.0. The summed E-state index contributed by atoms with van der Waals surface area (Å²) in [6, 6.07) is 17.9. The number of ether oxygens (including phenoxy) is 1. The van der Waals surface area contributed by atoms with Gasteiger partial charge in [-0.05, 0) is 56.5 Å². The number of hydrogen-bond acceptors (Lipinski definition) is 5. The molecule has 0 radical (unpaired) electrons. The molecule has 184 valence electrons. The van der Waals surface area contributed by atoms with Crippen LogP contribution in [-0.2, 0) is 12.8 Å². The molecule has 35 heavy (non-hydrogen) atoms. The first-order chi connectivity index (χ1) is 17.1. The molecule has 2 heterocycles. The van der Waals surface area contributed by atoms with Crippen LogP contribution in [0, 0.1) is 6.92 Å². The molecule has 7 nitrogen and oxygen atoms in total. The van der Waals surface area contributed by atoms with Crippen LogP contribution in [0.3, 0.4) is 0 Å². The van der Waals surface area contributed by atoms with Crippen LogP contribution in [0.25, 0.3) is 0 Å². The Morgan fingerprint density at radius 2 is 1.74 bits per heavy atom. The maximum Gasteiger partial charge on any atom is 0.321 e. The van der Waals surface area contributed by atoms with E-state index in [1.165, 1.54) is 11.1 Å². The molecule has 1 N–H and O–H groups in total. The average Bonchev–Trinajstić information content (AvgIpc) is 3.13. The van der Waals surface area contributed by atoms with Gasteiger partial charge in [-0.15, -0.1) is 0 Å². The summed E-state index contributed by atoms with van der Waals surface area (Å²) < 4.78 is 5.49. The molecule has 2 aromatic carbocycles. The Morgan fingerprint density at radius 3 is 2.46 bits per heavy atom. The van der Waals surface area contributed by atoms with Crippen molar-refractivity contribution in [3.63, 3.8) is 0 Å². The van der Waals surface area contributed by atoms with E-state index < -0.39 is 0 Å². The Kier molecular flexibility index (Phi) is 8.19. The first-order valence-corrected chi connectivity index (χ1v) is 12.5. The van der Waals surface area contributed by atoms with Crippen molar-refractivity contribution in [1.29, 1.82) is 0 Å². The van der Waals surface area contributed by atoms with Gasteiger partial charge in [0.05, 0.1) is 6.61 Å². The molecule has 7 heteroatoms. The van der Waals surface area contributed by atoms with Crippen molar-refractivity contribution in [2.75, 3.05) is 43.0 Å². The zero-order valence-corrected chi connectivity index (χ0v) is 21.0. The van der Waals surface area contributed by atoms with Gasteiger partial charge in [0.25, 0.3) is 0 Å². The van der Waals surface area contributed by atoms with E-state index in [0.717, 1.165) is 61.1 Å². The second-order valence-electron chi connectivity index (χ2n) is 8.75. The molecule has 0 bridgehead atoms. The molecule has 0 spiro atoms. The normalized spacial score (nSPS) is 13.9. The van der Waals surface area contributed by atoms with Crippen molar-refractivity contribution in [3.05, 3.63) is 77.2 Å². The van der Waals surface area contributed by atoms with Gasteiger partial charge in [-0.2, -0.15) is 0 Å². The second kappa shape index (κ2) is 11.7. The van der Waals surface area contributed by atoms with Crippen LogP contribution in [0.2, 0.25) is 0 Å². The van der Waals surface area contributed by atoms with Crippen LogP contribution in [-0.4, -0.2) is 53.7 Å². The topological polar surface area (TPSA) is 70.6 Å². The monoisotopic (exact) mass is 473 g/mol. The highest BCUT2D eigenvalue weighted by Crippen LogP contribution is 2.26. The second-order valence-corrected chi connectivity index (χ2v) is 8.75. The van der Waals surface area contributed by atoms with Gasteiger partial charge in [-0.3, -0.25) is 0 Å². The number of rotatable bonds is 7. The highest BCUT2D eigenvalue weighted by Gasteiger charge is 2.23. The fourth-order valence-electron chi connectivity index (χ4n) is 4.51.